The Kier molecular flexibility index (Phi) is 5.76. The Bertz CT molecular complexity index is 1890. The number of nitrogens with zero attached hydrogens (tertiary/aromatic N) is 4. The molecule has 4 heteroatoms. The zero-order chi connectivity index (χ0) is 26.0. The van der Waals surface area contributed by atoms with Gasteiger partial charge in [-0.05, 0) is 47.0 Å². The van der Waals surface area contributed by atoms with Gasteiger partial charge in [-0.2, -0.15) is 0 Å². The number of pyridine rings is 3. The third-order valence-corrected chi connectivity index (χ3v) is 7.01. The van der Waals surface area contributed by atoms with Gasteiger partial charge >= 0.3 is 0 Å². The van der Waals surface area contributed by atoms with Crippen LogP contribution in [0.15, 0.2) is 146 Å². The predicted octanol–water partition coefficient (Wildman–Crippen LogP) is 8.48. The number of fused-ring (bicyclic) bond motifs is 1. The quantitative estimate of drug-likeness (QED) is 0.238. The summed E-state index contributed by atoms with van der Waals surface area (Å²) < 4.78 is 2.12. The van der Waals surface area contributed by atoms with Crippen LogP contribution in [-0.4, -0.2) is 19.5 Å². The van der Waals surface area contributed by atoms with Gasteiger partial charge in [-0.25, -0.2) is 4.98 Å². The summed E-state index contributed by atoms with van der Waals surface area (Å²) in [6, 6.07) is 41.8. The summed E-state index contributed by atoms with van der Waals surface area (Å²) in [5.74, 6) is 0.836. The molecule has 0 aliphatic rings. The highest BCUT2D eigenvalue weighted by Crippen LogP contribution is 2.42. The molecule has 0 saturated carbocycles. The topological polar surface area (TPSA) is 43.6 Å². The number of hydrogen-bond acceptors (Lipinski definition) is 3. The van der Waals surface area contributed by atoms with E-state index in [0.717, 1.165) is 50.4 Å². The highest BCUT2D eigenvalue weighted by Gasteiger charge is 2.19. The molecule has 0 aliphatic carbocycles. The van der Waals surface area contributed by atoms with E-state index in [-0.39, 0.29) is 0 Å². The lowest BCUT2D eigenvalue weighted by molar-refractivity contribution is 1.04. The van der Waals surface area contributed by atoms with Crippen molar-refractivity contribution in [2.45, 2.75) is 0 Å². The van der Waals surface area contributed by atoms with Crippen LogP contribution in [0.4, 0.5) is 0 Å². The Balaban J connectivity index is 1.47. The summed E-state index contributed by atoms with van der Waals surface area (Å²) in [4.78, 5) is 14.3. The molecule has 0 fully saturated rings. The van der Waals surface area contributed by atoms with E-state index < -0.39 is 0 Å². The van der Waals surface area contributed by atoms with Gasteiger partial charge in [-0.3, -0.25) is 14.5 Å². The molecule has 0 spiro atoms. The molecule has 4 heterocycles. The van der Waals surface area contributed by atoms with Crippen LogP contribution in [-0.2, 0) is 0 Å². The molecule has 39 heavy (non-hydrogen) atoms. The second-order valence-electron chi connectivity index (χ2n) is 9.37. The summed E-state index contributed by atoms with van der Waals surface area (Å²) >= 11 is 0. The fraction of sp³-hybridized carbons (Fsp3) is 0. The van der Waals surface area contributed by atoms with Gasteiger partial charge in [0.25, 0.3) is 0 Å². The molecule has 4 aromatic heterocycles. The van der Waals surface area contributed by atoms with Crippen molar-refractivity contribution in [2.24, 2.45) is 0 Å². The van der Waals surface area contributed by atoms with Gasteiger partial charge in [0, 0.05) is 40.7 Å². The van der Waals surface area contributed by atoms with Crippen LogP contribution in [0.25, 0.3) is 61.5 Å². The minimum atomic E-state index is 0.836. The van der Waals surface area contributed by atoms with Crippen molar-refractivity contribution in [3.63, 3.8) is 0 Å². The Hall–Kier alpha value is -5.35. The van der Waals surface area contributed by atoms with Gasteiger partial charge in [-0.15, -0.1) is 0 Å². The number of aromatic nitrogens is 4. The second-order valence-corrected chi connectivity index (χ2v) is 9.37. The van der Waals surface area contributed by atoms with Crippen molar-refractivity contribution in [1.29, 1.82) is 0 Å². The molecule has 0 unspecified atom stereocenters. The van der Waals surface area contributed by atoms with E-state index >= 15 is 0 Å². The minimum absolute atomic E-state index is 0.836. The third-order valence-electron chi connectivity index (χ3n) is 7.01. The SMILES string of the molecule is c1ccc(-c2ccccc2-c2c(-c3ccccc3)ncc3c2ccn3-c2cccc(-c3cccnc3)n2)cc1. The van der Waals surface area contributed by atoms with Crippen LogP contribution in [0.1, 0.15) is 0 Å². The molecule has 0 radical (unpaired) electrons. The Morgan fingerprint density at radius 3 is 2.03 bits per heavy atom. The van der Waals surface area contributed by atoms with Crippen LogP contribution in [0.3, 0.4) is 0 Å². The monoisotopic (exact) mass is 500 g/mol. The van der Waals surface area contributed by atoms with Crippen molar-refractivity contribution >= 4 is 10.9 Å². The molecule has 4 nitrogen and oxygen atoms in total. The van der Waals surface area contributed by atoms with E-state index in [2.05, 4.69) is 101 Å². The first-order valence-electron chi connectivity index (χ1n) is 12.9. The lowest BCUT2D eigenvalue weighted by Crippen LogP contribution is -1.99. The maximum atomic E-state index is 5.07. The lowest BCUT2D eigenvalue weighted by atomic mass is 9.90. The lowest BCUT2D eigenvalue weighted by Gasteiger charge is -2.16. The smallest absolute Gasteiger partial charge is 0.137 e. The normalized spacial score (nSPS) is 11.1. The second kappa shape index (κ2) is 9.84. The summed E-state index contributed by atoms with van der Waals surface area (Å²) in [6.07, 6.45) is 7.67. The van der Waals surface area contributed by atoms with Crippen LogP contribution in [0, 0.1) is 0 Å². The maximum absolute atomic E-state index is 5.07. The molecule has 0 atom stereocenters. The molecule has 184 valence electrons. The average Bonchev–Trinajstić information content (AvgIpc) is 3.46. The van der Waals surface area contributed by atoms with E-state index in [0.29, 0.717) is 0 Å². The van der Waals surface area contributed by atoms with Crippen molar-refractivity contribution in [3.05, 3.63) is 146 Å². The van der Waals surface area contributed by atoms with Crippen LogP contribution < -0.4 is 0 Å². The molecule has 0 aliphatic heterocycles. The molecule has 0 bridgehead atoms. The molecule has 7 aromatic rings. The van der Waals surface area contributed by atoms with E-state index in [9.17, 15) is 0 Å². The fourth-order valence-electron chi connectivity index (χ4n) is 5.20. The van der Waals surface area contributed by atoms with Gasteiger partial charge in [0.15, 0.2) is 0 Å². The molecule has 0 N–H and O–H groups in total. The Labute approximate surface area is 226 Å². The third kappa shape index (κ3) is 4.18. The maximum Gasteiger partial charge on any atom is 0.137 e. The number of rotatable bonds is 5. The highest BCUT2D eigenvalue weighted by atomic mass is 15.1. The molecule has 7 rings (SSSR count). The molecule has 0 saturated heterocycles. The Morgan fingerprint density at radius 1 is 0.538 bits per heavy atom. The molecular weight excluding hydrogens is 476 g/mol. The standard InChI is InChI=1S/C35H24N4/c1-3-11-25(12-4-1)28-16-7-8-17-29(28)34-30-20-22-39(32(30)24-37-35(34)26-13-5-2-6-14-26)33-19-9-18-31(38-33)27-15-10-21-36-23-27/h1-24H. The number of benzene rings is 3. The zero-order valence-corrected chi connectivity index (χ0v) is 21.1. The van der Waals surface area contributed by atoms with Crippen molar-refractivity contribution in [3.8, 4) is 50.6 Å². The van der Waals surface area contributed by atoms with Crippen molar-refractivity contribution in [2.75, 3.05) is 0 Å². The largest absolute Gasteiger partial charge is 0.300 e. The van der Waals surface area contributed by atoms with Crippen molar-refractivity contribution in [1.82, 2.24) is 19.5 Å². The molecular formula is C35H24N4. The minimum Gasteiger partial charge on any atom is -0.300 e. The van der Waals surface area contributed by atoms with E-state index in [1.165, 1.54) is 11.1 Å². The highest BCUT2D eigenvalue weighted by molar-refractivity contribution is 6.05. The van der Waals surface area contributed by atoms with Crippen LogP contribution >= 0.6 is 0 Å². The fourth-order valence-corrected chi connectivity index (χ4v) is 5.20. The Morgan fingerprint density at radius 2 is 1.26 bits per heavy atom. The van der Waals surface area contributed by atoms with E-state index in [4.69, 9.17) is 9.97 Å². The van der Waals surface area contributed by atoms with Crippen LogP contribution in [0.2, 0.25) is 0 Å². The summed E-state index contributed by atoms with van der Waals surface area (Å²) in [5.41, 5.74) is 9.52. The molecule has 3 aromatic carbocycles. The van der Waals surface area contributed by atoms with Crippen molar-refractivity contribution < 1.29 is 0 Å². The van der Waals surface area contributed by atoms with Gasteiger partial charge in [0.2, 0.25) is 0 Å². The van der Waals surface area contributed by atoms with E-state index in [1.807, 2.05) is 48.8 Å². The predicted molar refractivity (Wildman–Crippen MR) is 158 cm³/mol. The molecule has 0 amide bonds. The number of hydrogen-bond donors (Lipinski definition) is 0. The summed E-state index contributed by atoms with van der Waals surface area (Å²) in [7, 11) is 0. The first-order valence-corrected chi connectivity index (χ1v) is 12.9. The van der Waals surface area contributed by atoms with Crippen LogP contribution in [0.5, 0.6) is 0 Å². The van der Waals surface area contributed by atoms with Gasteiger partial charge in [0.05, 0.1) is 23.1 Å². The first kappa shape index (κ1) is 22.8. The summed E-state index contributed by atoms with van der Waals surface area (Å²) in [6.45, 7) is 0. The van der Waals surface area contributed by atoms with Gasteiger partial charge in [0.1, 0.15) is 5.82 Å². The zero-order valence-electron chi connectivity index (χ0n) is 21.1. The summed E-state index contributed by atoms with van der Waals surface area (Å²) in [5, 5.41) is 1.13. The average molecular weight is 501 g/mol. The van der Waals surface area contributed by atoms with Gasteiger partial charge in [-0.1, -0.05) is 91.0 Å². The van der Waals surface area contributed by atoms with Gasteiger partial charge < -0.3 is 0 Å². The first-order chi connectivity index (χ1) is 19.4. The van der Waals surface area contributed by atoms with E-state index in [1.54, 1.807) is 6.20 Å².